The smallest absolute Gasteiger partial charge is 0.244 e. The number of nitrogen functional groups attached to an aromatic ring is 1. The van der Waals surface area contributed by atoms with Crippen LogP contribution in [0.25, 0.3) is 0 Å². The number of rotatable bonds is 7. The minimum Gasteiger partial charge on any atom is -0.396 e. The van der Waals surface area contributed by atoms with Gasteiger partial charge in [-0.25, -0.2) is 12.7 Å². The number of thioether (sulfide) groups is 1. The van der Waals surface area contributed by atoms with Crippen LogP contribution >= 0.6 is 11.8 Å². The molecule has 1 aromatic rings. The van der Waals surface area contributed by atoms with E-state index < -0.39 is 15.6 Å². The molecule has 0 saturated heterocycles. The largest absolute Gasteiger partial charge is 0.396 e. The number of para-hydroxylation sites is 1. The van der Waals surface area contributed by atoms with Gasteiger partial charge in [0, 0.05) is 26.4 Å². The van der Waals surface area contributed by atoms with Gasteiger partial charge in [0.25, 0.3) is 0 Å². The fraction of sp³-hybridized carbons (Fsp3) is 0.538. The van der Waals surface area contributed by atoms with Crippen LogP contribution in [-0.2, 0) is 10.0 Å². The molecule has 0 fully saturated rings. The van der Waals surface area contributed by atoms with E-state index in [9.17, 15) is 13.5 Å². The molecule has 120 valence electrons. The molecular formula is C13H23N3O3S2. The fourth-order valence-electron chi connectivity index (χ4n) is 1.77. The maximum Gasteiger partial charge on any atom is 0.244 e. The van der Waals surface area contributed by atoms with Crippen molar-refractivity contribution in [2.24, 2.45) is 0 Å². The van der Waals surface area contributed by atoms with E-state index in [2.05, 4.69) is 5.32 Å². The van der Waals surface area contributed by atoms with Gasteiger partial charge in [-0.05, 0) is 25.3 Å². The average molecular weight is 333 g/mol. The number of hydrogen-bond acceptors (Lipinski definition) is 6. The molecule has 0 aliphatic carbocycles. The van der Waals surface area contributed by atoms with Gasteiger partial charge < -0.3 is 16.2 Å². The van der Waals surface area contributed by atoms with Crippen LogP contribution in [0.15, 0.2) is 23.1 Å². The SMILES string of the molecule is CSCC(C)(O)CNc1cccc(S(=O)(=O)N(C)C)c1N. The molecule has 21 heavy (non-hydrogen) atoms. The van der Waals surface area contributed by atoms with Gasteiger partial charge in [-0.3, -0.25) is 0 Å². The van der Waals surface area contributed by atoms with Gasteiger partial charge in [-0.15, -0.1) is 0 Å². The summed E-state index contributed by atoms with van der Waals surface area (Å²) in [7, 11) is -0.679. The second kappa shape index (κ2) is 6.87. The van der Waals surface area contributed by atoms with Crippen LogP contribution in [0, 0.1) is 0 Å². The molecule has 1 unspecified atom stereocenters. The number of nitrogens with two attached hydrogens (primary N) is 1. The normalized spacial score (nSPS) is 15.0. The lowest BCUT2D eigenvalue weighted by Gasteiger charge is -2.24. The summed E-state index contributed by atoms with van der Waals surface area (Å²) in [5, 5.41) is 13.2. The van der Waals surface area contributed by atoms with Gasteiger partial charge in [-0.2, -0.15) is 11.8 Å². The monoisotopic (exact) mass is 333 g/mol. The zero-order valence-corrected chi connectivity index (χ0v) is 14.4. The van der Waals surface area contributed by atoms with Crippen LogP contribution in [0.4, 0.5) is 11.4 Å². The highest BCUT2D eigenvalue weighted by Crippen LogP contribution is 2.28. The van der Waals surface area contributed by atoms with E-state index >= 15 is 0 Å². The molecule has 0 aliphatic heterocycles. The first-order valence-corrected chi connectivity index (χ1v) is 9.21. The van der Waals surface area contributed by atoms with Gasteiger partial charge in [0.2, 0.25) is 10.0 Å². The Morgan fingerprint density at radius 1 is 1.43 bits per heavy atom. The predicted molar refractivity (Wildman–Crippen MR) is 89.2 cm³/mol. The lowest BCUT2D eigenvalue weighted by Crippen LogP contribution is -2.36. The molecule has 6 nitrogen and oxygen atoms in total. The Labute approximate surface area is 130 Å². The molecule has 0 heterocycles. The third kappa shape index (κ3) is 4.50. The van der Waals surface area contributed by atoms with Gasteiger partial charge in [-0.1, -0.05) is 6.07 Å². The molecule has 0 bridgehead atoms. The van der Waals surface area contributed by atoms with Crippen molar-refractivity contribution in [3.63, 3.8) is 0 Å². The van der Waals surface area contributed by atoms with E-state index in [1.165, 1.54) is 31.9 Å². The standard InChI is InChI=1S/C13H23N3O3S2/c1-13(17,9-20-4)8-15-10-6-5-7-11(12(10)14)21(18,19)16(2)3/h5-7,15,17H,8-9,14H2,1-4H3. The maximum absolute atomic E-state index is 12.2. The molecule has 0 aromatic heterocycles. The highest BCUT2D eigenvalue weighted by Gasteiger charge is 2.23. The van der Waals surface area contributed by atoms with E-state index in [0.29, 0.717) is 11.4 Å². The van der Waals surface area contributed by atoms with Gasteiger partial charge >= 0.3 is 0 Å². The van der Waals surface area contributed by atoms with E-state index in [4.69, 9.17) is 5.73 Å². The molecule has 8 heteroatoms. The van der Waals surface area contributed by atoms with E-state index in [0.717, 1.165) is 4.31 Å². The Hall–Kier alpha value is -0.960. The number of hydrogen-bond donors (Lipinski definition) is 3. The summed E-state index contributed by atoms with van der Waals surface area (Å²) < 4.78 is 25.5. The first-order valence-electron chi connectivity index (χ1n) is 6.38. The predicted octanol–water partition coefficient (Wildman–Crippen LogP) is 1.04. The number of sulfonamides is 1. The number of nitrogens with one attached hydrogen (secondary N) is 1. The molecule has 1 atom stereocenters. The third-order valence-electron chi connectivity index (χ3n) is 2.94. The molecular weight excluding hydrogens is 310 g/mol. The molecule has 4 N–H and O–H groups in total. The molecule has 0 amide bonds. The van der Waals surface area contributed by atoms with Gasteiger partial charge in [0.15, 0.2) is 0 Å². The van der Waals surface area contributed by atoms with Crippen molar-refractivity contribution in [1.82, 2.24) is 4.31 Å². The fourth-order valence-corrected chi connectivity index (χ4v) is 3.52. The van der Waals surface area contributed by atoms with Crippen LogP contribution in [0.1, 0.15) is 6.92 Å². The van der Waals surface area contributed by atoms with Crippen molar-refractivity contribution in [2.75, 3.05) is 43.7 Å². The average Bonchev–Trinajstić information content (AvgIpc) is 2.37. The van der Waals surface area contributed by atoms with E-state index in [1.54, 1.807) is 19.1 Å². The van der Waals surface area contributed by atoms with Gasteiger partial charge in [0.1, 0.15) is 4.90 Å². The summed E-state index contributed by atoms with van der Waals surface area (Å²) in [4.78, 5) is 0.0574. The Balaban J connectivity index is 3.03. The molecule has 1 rings (SSSR count). The van der Waals surface area contributed by atoms with Crippen LogP contribution in [0.5, 0.6) is 0 Å². The molecule has 0 saturated carbocycles. The number of anilines is 2. The summed E-state index contributed by atoms with van der Waals surface area (Å²) >= 11 is 1.54. The summed E-state index contributed by atoms with van der Waals surface area (Å²) in [5.41, 5.74) is 5.71. The second-order valence-electron chi connectivity index (χ2n) is 5.29. The summed E-state index contributed by atoms with van der Waals surface area (Å²) in [6, 6.07) is 4.79. The quantitative estimate of drug-likeness (QED) is 0.646. The highest BCUT2D eigenvalue weighted by atomic mass is 32.2. The summed E-state index contributed by atoms with van der Waals surface area (Å²) in [6.45, 7) is 2.00. The summed E-state index contributed by atoms with van der Waals surface area (Å²) in [6.07, 6.45) is 1.91. The van der Waals surface area contributed by atoms with E-state index in [-0.39, 0.29) is 17.1 Å². The number of nitrogens with zero attached hydrogens (tertiary/aromatic N) is 1. The first kappa shape index (κ1) is 18.1. The minimum atomic E-state index is -3.59. The van der Waals surface area contributed by atoms with Crippen LogP contribution in [0.3, 0.4) is 0 Å². The zero-order valence-electron chi connectivity index (χ0n) is 12.8. The van der Waals surface area contributed by atoms with Crippen LogP contribution in [0.2, 0.25) is 0 Å². The lowest BCUT2D eigenvalue weighted by atomic mass is 10.1. The molecule has 1 aromatic carbocycles. The second-order valence-corrected chi connectivity index (χ2v) is 8.27. The molecule has 0 radical (unpaired) electrons. The van der Waals surface area contributed by atoms with Crippen molar-refractivity contribution in [3.05, 3.63) is 18.2 Å². The molecule has 0 spiro atoms. The van der Waals surface area contributed by atoms with Gasteiger partial charge in [0.05, 0.1) is 17.0 Å². The van der Waals surface area contributed by atoms with Crippen molar-refractivity contribution in [3.8, 4) is 0 Å². The summed E-state index contributed by atoms with van der Waals surface area (Å²) in [5.74, 6) is 0.565. The zero-order chi connectivity index (χ0) is 16.3. The maximum atomic E-state index is 12.2. The third-order valence-corrected chi connectivity index (χ3v) is 5.72. The first-order chi connectivity index (χ1) is 9.62. The van der Waals surface area contributed by atoms with Crippen molar-refractivity contribution >= 4 is 33.2 Å². The van der Waals surface area contributed by atoms with E-state index in [1.807, 2.05) is 6.26 Å². The Morgan fingerprint density at radius 2 is 2.05 bits per heavy atom. The van der Waals surface area contributed by atoms with Crippen LogP contribution < -0.4 is 11.1 Å². The minimum absolute atomic E-state index is 0.0574. The van der Waals surface area contributed by atoms with Crippen molar-refractivity contribution < 1.29 is 13.5 Å². The lowest BCUT2D eigenvalue weighted by molar-refractivity contribution is 0.0997. The topological polar surface area (TPSA) is 95.7 Å². The Kier molecular flexibility index (Phi) is 5.92. The molecule has 0 aliphatic rings. The Morgan fingerprint density at radius 3 is 2.57 bits per heavy atom. The highest BCUT2D eigenvalue weighted by molar-refractivity contribution is 7.98. The number of benzene rings is 1. The Bertz CT molecular complexity index is 586. The number of aliphatic hydroxyl groups is 1. The van der Waals surface area contributed by atoms with Crippen molar-refractivity contribution in [2.45, 2.75) is 17.4 Å². The van der Waals surface area contributed by atoms with Crippen molar-refractivity contribution in [1.29, 1.82) is 0 Å². The van der Waals surface area contributed by atoms with Crippen LogP contribution in [-0.4, -0.2) is 56.1 Å².